The van der Waals surface area contributed by atoms with Crippen LogP contribution in [0, 0.1) is 0 Å². The van der Waals surface area contributed by atoms with Gasteiger partial charge in [-0.1, -0.05) is 18.9 Å². The van der Waals surface area contributed by atoms with Gasteiger partial charge in [-0.25, -0.2) is 18.9 Å². The van der Waals surface area contributed by atoms with Crippen molar-refractivity contribution in [1.82, 2.24) is 25.1 Å². The van der Waals surface area contributed by atoms with Crippen molar-refractivity contribution in [2.75, 3.05) is 30.5 Å². The number of thiol groups is 1. The number of nitrogens with one attached hydrogen (secondary N) is 1. The molecule has 9 nitrogen and oxygen atoms in total. The molecule has 1 saturated heterocycles. The van der Waals surface area contributed by atoms with Crippen LogP contribution in [0.3, 0.4) is 0 Å². The van der Waals surface area contributed by atoms with Crippen LogP contribution in [0.4, 0.5) is 15.3 Å². The summed E-state index contributed by atoms with van der Waals surface area (Å²) in [5, 5.41) is 2.81. The maximum Gasteiger partial charge on any atom is 0.416 e. The highest BCUT2D eigenvalue weighted by molar-refractivity contribution is 7.82. The monoisotopic (exact) mass is 444 g/mol. The summed E-state index contributed by atoms with van der Waals surface area (Å²) >= 11 is 4.21. The molecule has 2 aromatic rings. The number of nitrogens with zero attached hydrogens (tertiary/aromatic N) is 5. The fourth-order valence-electron chi connectivity index (χ4n) is 3.04. The third-order valence-electron chi connectivity index (χ3n) is 4.59. The first kappa shape index (κ1) is 22.8. The Bertz CT molecular complexity index is 880. The normalized spacial score (nSPS) is 14.8. The fraction of sp³-hybridized carbons (Fsp3) is 0.429. The summed E-state index contributed by atoms with van der Waals surface area (Å²) in [7, 11) is 0. The summed E-state index contributed by atoms with van der Waals surface area (Å²) in [6.45, 7) is 9.12. The summed E-state index contributed by atoms with van der Waals surface area (Å²) in [4.78, 5) is 36.8. The number of hydrogen-bond acceptors (Lipinski definition) is 7. The number of anilines is 1. The predicted molar refractivity (Wildman–Crippen MR) is 121 cm³/mol. The number of ether oxygens (including phenoxy) is 1. The van der Waals surface area contributed by atoms with E-state index in [-0.39, 0.29) is 17.5 Å². The predicted octanol–water partition coefficient (Wildman–Crippen LogP) is 2.95. The van der Waals surface area contributed by atoms with Crippen molar-refractivity contribution in [3.63, 3.8) is 0 Å². The molecule has 0 unspecified atom stereocenters. The quantitative estimate of drug-likeness (QED) is 0.705. The number of hydrogen-bond donors (Lipinski definition) is 2. The molecule has 1 aliphatic rings. The maximum absolute atomic E-state index is 12.5. The van der Waals surface area contributed by atoms with Crippen LogP contribution in [0.5, 0.6) is 5.88 Å². The Labute approximate surface area is 187 Å². The molecule has 31 heavy (non-hydrogen) atoms. The number of rotatable bonds is 4. The van der Waals surface area contributed by atoms with Gasteiger partial charge >= 0.3 is 12.1 Å². The molecule has 10 heteroatoms. The lowest BCUT2D eigenvalue weighted by atomic mass is 10.1. The lowest BCUT2D eigenvalue weighted by Crippen LogP contribution is -2.49. The van der Waals surface area contributed by atoms with Crippen LogP contribution in [0.2, 0.25) is 0 Å². The molecule has 0 saturated carbocycles. The molecule has 3 heterocycles. The van der Waals surface area contributed by atoms with Crippen molar-refractivity contribution in [2.24, 2.45) is 0 Å². The zero-order valence-corrected chi connectivity index (χ0v) is 18.9. The van der Waals surface area contributed by atoms with E-state index in [9.17, 15) is 9.59 Å². The first-order valence-corrected chi connectivity index (χ1v) is 10.5. The van der Waals surface area contributed by atoms with Crippen LogP contribution < -0.4 is 14.4 Å². The number of carbonyl (C=O) groups is 2. The van der Waals surface area contributed by atoms with Crippen molar-refractivity contribution in [2.45, 2.75) is 32.9 Å². The highest BCUT2D eigenvalue weighted by Gasteiger charge is 2.23. The third kappa shape index (κ3) is 6.83. The first-order chi connectivity index (χ1) is 14.7. The van der Waals surface area contributed by atoms with Crippen LogP contribution in [0.25, 0.3) is 0 Å². The summed E-state index contributed by atoms with van der Waals surface area (Å²) < 4.78 is 6.54. The van der Waals surface area contributed by atoms with E-state index in [1.54, 1.807) is 23.2 Å². The van der Waals surface area contributed by atoms with Gasteiger partial charge in [-0.05, 0) is 38.5 Å². The maximum atomic E-state index is 12.5. The second kappa shape index (κ2) is 9.97. The average Bonchev–Trinajstić information content (AvgIpc) is 2.74. The average molecular weight is 445 g/mol. The summed E-state index contributed by atoms with van der Waals surface area (Å²) in [6, 6.07) is 6.76. The van der Waals surface area contributed by atoms with E-state index < -0.39 is 6.09 Å². The van der Waals surface area contributed by atoms with Gasteiger partial charge in [0.15, 0.2) is 0 Å². The minimum Gasteiger partial charge on any atom is -0.391 e. The summed E-state index contributed by atoms with van der Waals surface area (Å²) in [5.41, 5.74) is 1.23. The van der Waals surface area contributed by atoms with Gasteiger partial charge in [0.2, 0.25) is 5.88 Å². The minimum absolute atomic E-state index is 0.171. The minimum atomic E-state index is -0.436. The van der Waals surface area contributed by atoms with E-state index >= 15 is 0 Å². The van der Waals surface area contributed by atoms with E-state index in [1.807, 2.05) is 39.1 Å². The van der Waals surface area contributed by atoms with Crippen molar-refractivity contribution in [1.29, 1.82) is 0 Å². The molecule has 1 aliphatic heterocycles. The molecule has 0 atom stereocenters. The summed E-state index contributed by atoms with van der Waals surface area (Å²) in [5.74, 6) is 0.171. The third-order valence-corrected chi connectivity index (χ3v) is 5.00. The van der Waals surface area contributed by atoms with Gasteiger partial charge in [0, 0.05) is 56.7 Å². The topological polar surface area (TPSA) is 90.9 Å². The Morgan fingerprint density at radius 1 is 1.16 bits per heavy atom. The Morgan fingerprint density at radius 3 is 2.48 bits per heavy atom. The lowest BCUT2D eigenvalue weighted by molar-refractivity contribution is 0.107. The van der Waals surface area contributed by atoms with Crippen LogP contribution in [-0.2, 0) is 6.54 Å². The smallest absolute Gasteiger partial charge is 0.391 e. The number of carbonyl (C=O) groups excluding carboxylic acids is 2. The Kier molecular flexibility index (Phi) is 7.34. The van der Waals surface area contributed by atoms with Crippen LogP contribution in [0.1, 0.15) is 26.3 Å². The SMILES string of the molecule is CC(C)(C)NC(=O)N(S)c1ccc(OC(=O)N2CCN(Cc3cccnc3)CC2)nc1. The second-order valence-electron chi connectivity index (χ2n) is 8.34. The zero-order valence-electron chi connectivity index (χ0n) is 18.0. The second-order valence-corrected chi connectivity index (χ2v) is 8.74. The molecule has 1 N–H and O–H groups in total. The molecule has 2 aromatic heterocycles. The van der Waals surface area contributed by atoms with Crippen molar-refractivity contribution in [3.8, 4) is 5.88 Å². The van der Waals surface area contributed by atoms with Gasteiger partial charge in [0.05, 0.1) is 11.9 Å². The number of urea groups is 1. The summed E-state index contributed by atoms with van der Waals surface area (Å²) in [6.07, 6.45) is 4.61. The van der Waals surface area contributed by atoms with E-state index in [2.05, 4.69) is 33.0 Å². The Hall–Kier alpha value is -2.85. The van der Waals surface area contributed by atoms with Gasteiger partial charge in [0.25, 0.3) is 0 Å². The number of aromatic nitrogens is 2. The Morgan fingerprint density at radius 2 is 1.90 bits per heavy atom. The van der Waals surface area contributed by atoms with Crippen LogP contribution in [-0.4, -0.2) is 63.6 Å². The van der Waals surface area contributed by atoms with Gasteiger partial charge < -0.3 is 15.0 Å². The van der Waals surface area contributed by atoms with Crippen molar-refractivity contribution >= 4 is 30.6 Å². The molecule has 3 amide bonds. The van der Waals surface area contributed by atoms with Crippen LogP contribution >= 0.6 is 12.8 Å². The van der Waals surface area contributed by atoms with Gasteiger partial charge in [0.1, 0.15) is 0 Å². The molecule has 0 radical (unpaired) electrons. The molecule has 0 aliphatic carbocycles. The fourth-order valence-corrected chi connectivity index (χ4v) is 3.21. The van der Waals surface area contributed by atoms with Crippen molar-refractivity contribution in [3.05, 3.63) is 48.4 Å². The molecule has 1 fully saturated rings. The molecule has 3 rings (SSSR count). The highest BCUT2D eigenvalue weighted by Crippen LogP contribution is 2.19. The standard InChI is InChI=1S/C21H28N6O3S/c1-21(2,3)24-19(28)27(31)17-6-7-18(23-14-17)30-20(29)26-11-9-25(10-12-26)15-16-5-4-8-22-13-16/h4-8,13-14,31H,9-12,15H2,1-3H3,(H,24,28). The van der Waals surface area contributed by atoms with Crippen LogP contribution in [0.15, 0.2) is 42.9 Å². The van der Waals surface area contributed by atoms with E-state index in [1.165, 1.54) is 6.20 Å². The van der Waals surface area contributed by atoms with Gasteiger partial charge in [-0.3, -0.25) is 9.88 Å². The van der Waals surface area contributed by atoms with E-state index in [4.69, 9.17) is 4.74 Å². The van der Waals surface area contributed by atoms with E-state index in [0.717, 1.165) is 29.5 Å². The van der Waals surface area contributed by atoms with Gasteiger partial charge in [-0.15, -0.1) is 0 Å². The first-order valence-electron chi connectivity index (χ1n) is 10.1. The molecule has 0 bridgehead atoms. The molecule has 0 aromatic carbocycles. The number of amides is 3. The largest absolute Gasteiger partial charge is 0.416 e. The zero-order chi connectivity index (χ0) is 22.4. The molecular weight excluding hydrogens is 416 g/mol. The lowest BCUT2D eigenvalue weighted by Gasteiger charge is -2.33. The van der Waals surface area contributed by atoms with Crippen molar-refractivity contribution < 1.29 is 14.3 Å². The highest BCUT2D eigenvalue weighted by atomic mass is 32.1. The van der Waals surface area contributed by atoms with Gasteiger partial charge in [-0.2, -0.15) is 0 Å². The number of pyridine rings is 2. The molecule has 0 spiro atoms. The molecule has 166 valence electrons. The van der Waals surface area contributed by atoms with E-state index in [0.29, 0.717) is 18.8 Å². The number of piperazine rings is 1. The molecular formula is C21H28N6O3S. The Balaban J connectivity index is 1.48.